The van der Waals surface area contributed by atoms with Gasteiger partial charge in [-0.05, 0) is 111 Å². The zero-order chi connectivity index (χ0) is 38.3. The van der Waals surface area contributed by atoms with Crippen LogP contribution in [0.4, 0.5) is 28.6 Å². The molecule has 0 saturated heterocycles. The monoisotopic (exact) mass is 748 g/mol. The molecule has 15 heteroatoms. The van der Waals surface area contributed by atoms with Gasteiger partial charge in [-0.15, -0.1) is 11.3 Å². The molecule has 51 heavy (non-hydrogen) atoms. The number of carbonyl (C=O) groups excluding carboxylic acids is 2. The second-order valence-electron chi connectivity index (χ2n) is 15.0. The Morgan fingerprint density at radius 3 is 2.02 bits per heavy atom. The number of ether oxygens (including phenoxy) is 2. The number of carbonyl (C=O) groups is 2. The van der Waals surface area contributed by atoms with E-state index in [1.807, 2.05) is 12.1 Å². The van der Waals surface area contributed by atoms with Crippen LogP contribution in [0.1, 0.15) is 91.4 Å². The molecule has 3 atom stereocenters. The van der Waals surface area contributed by atoms with Gasteiger partial charge in [0.2, 0.25) is 0 Å². The fraction of sp³-hybridized carbons (Fsp3) is 0.444. The standard InChI is InChI=1S/C36H43F3N4O6S2/c1-32(2,3)48-30(44)43(31(45)49-33(4,5)6)27-16-12-15-24(41-27)28(42-51(47)34(7,8)9)26-19-21-13-11-14-23(29(21)50-26)25-20-22(17-18-40-25)35(10,46)36(37,38)39/h11-20,28,42,46H,1-10H3/t28-,35?,51-/m1/s1. The lowest BCUT2D eigenvalue weighted by atomic mass is 9.94. The van der Waals surface area contributed by atoms with Crippen LogP contribution in [0, 0.1) is 0 Å². The highest BCUT2D eigenvalue weighted by Gasteiger charge is 2.51. The number of benzene rings is 1. The van der Waals surface area contributed by atoms with Crippen LogP contribution in [0.3, 0.4) is 0 Å². The Morgan fingerprint density at radius 2 is 1.47 bits per heavy atom. The van der Waals surface area contributed by atoms with E-state index in [0.717, 1.165) is 11.5 Å². The summed E-state index contributed by atoms with van der Waals surface area (Å²) in [6.07, 6.45) is -5.71. The molecule has 0 aliphatic heterocycles. The van der Waals surface area contributed by atoms with E-state index in [9.17, 15) is 32.1 Å². The second-order valence-corrected chi connectivity index (χ2v) is 18.1. The van der Waals surface area contributed by atoms with Gasteiger partial charge in [-0.3, -0.25) is 4.98 Å². The van der Waals surface area contributed by atoms with Crippen molar-refractivity contribution in [3.63, 3.8) is 0 Å². The topological polar surface area (TPSA) is 131 Å². The number of hydrogen-bond donors (Lipinski definition) is 2. The fourth-order valence-corrected chi connectivity index (χ4v) is 6.76. The Morgan fingerprint density at radius 1 is 0.882 bits per heavy atom. The molecule has 3 aromatic heterocycles. The van der Waals surface area contributed by atoms with E-state index in [1.165, 1.54) is 29.7 Å². The molecule has 2 N–H and O–H groups in total. The Labute approximate surface area is 302 Å². The summed E-state index contributed by atoms with van der Waals surface area (Å²) in [6, 6.07) is 13.3. The third kappa shape index (κ3) is 9.50. The van der Waals surface area contributed by atoms with Crippen LogP contribution in [0.25, 0.3) is 21.3 Å². The largest absolute Gasteiger partial charge is 0.443 e. The third-order valence-corrected chi connectivity index (χ3v) is 10.0. The molecule has 3 heterocycles. The molecule has 0 saturated carbocycles. The number of aliphatic hydroxyl groups is 1. The number of halogens is 3. The van der Waals surface area contributed by atoms with Crippen molar-refractivity contribution in [3.05, 3.63) is 76.9 Å². The third-order valence-electron chi connectivity index (χ3n) is 7.21. The number of amides is 2. The number of nitrogens with zero attached hydrogens (tertiary/aromatic N) is 3. The maximum atomic E-state index is 13.7. The Kier molecular flexibility index (Phi) is 11.1. The van der Waals surface area contributed by atoms with Crippen LogP contribution in [-0.4, -0.2) is 53.6 Å². The number of alkyl halides is 3. The van der Waals surface area contributed by atoms with Crippen LogP contribution in [0.15, 0.2) is 60.8 Å². The molecule has 0 spiro atoms. The zero-order valence-electron chi connectivity index (χ0n) is 30.1. The molecule has 10 nitrogen and oxygen atoms in total. The molecule has 0 aliphatic carbocycles. The lowest BCUT2D eigenvalue weighted by molar-refractivity contribution is -0.258. The molecule has 2 amide bonds. The first-order valence-corrected chi connectivity index (χ1v) is 17.9. The van der Waals surface area contributed by atoms with Gasteiger partial charge in [-0.25, -0.2) is 23.5 Å². The van der Waals surface area contributed by atoms with Gasteiger partial charge in [0.25, 0.3) is 0 Å². The van der Waals surface area contributed by atoms with Crippen molar-refractivity contribution in [2.75, 3.05) is 4.90 Å². The maximum absolute atomic E-state index is 13.7. The summed E-state index contributed by atoms with van der Waals surface area (Å²) in [7, 11) is -1.64. The van der Waals surface area contributed by atoms with Crippen LogP contribution in [0.2, 0.25) is 0 Å². The van der Waals surface area contributed by atoms with Gasteiger partial charge in [0.15, 0.2) is 5.60 Å². The number of hydrogen-bond acceptors (Lipinski definition) is 9. The van der Waals surface area contributed by atoms with Crippen molar-refractivity contribution < 1.29 is 41.5 Å². The first kappa shape index (κ1) is 39.9. The minimum absolute atomic E-state index is 0.0936. The fourth-order valence-electron chi connectivity index (χ4n) is 4.62. The molecular weight excluding hydrogens is 706 g/mol. The lowest BCUT2D eigenvalue weighted by Gasteiger charge is -2.28. The SMILES string of the molecule is CC(C)(C)OC(=O)N(C(=O)OC(C)(C)C)c1cccc([C@@H](N[S@](=O)C(C)(C)C)c2cc3cccc(-c4cc(C(C)(O)C(F)(F)F)ccn4)c3s2)n1. The van der Waals surface area contributed by atoms with Gasteiger partial charge < -0.3 is 14.6 Å². The summed E-state index contributed by atoms with van der Waals surface area (Å²) in [5.74, 6) is -0.0936. The highest BCUT2D eigenvalue weighted by molar-refractivity contribution is 7.84. The van der Waals surface area contributed by atoms with E-state index < -0.39 is 56.9 Å². The average Bonchev–Trinajstić information content (AvgIpc) is 3.41. The van der Waals surface area contributed by atoms with E-state index >= 15 is 0 Å². The first-order valence-electron chi connectivity index (χ1n) is 16.0. The van der Waals surface area contributed by atoms with E-state index in [4.69, 9.17) is 9.47 Å². The lowest BCUT2D eigenvalue weighted by Crippen LogP contribution is -2.44. The van der Waals surface area contributed by atoms with Crippen LogP contribution < -0.4 is 9.62 Å². The molecule has 4 aromatic rings. The van der Waals surface area contributed by atoms with Gasteiger partial charge in [0.05, 0.1) is 33.2 Å². The van der Waals surface area contributed by atoms with Crippen LogP contribution in [0.5, 0.6) is 0 Å². The minimum Gasteiger partial charge on any atom is -0.443 e. The van der Waals surface area contributed by atoms with Gasteiger partial charge in [0.1, 0.15) is 17.0 Å². The average molecular weight is 749 g/mol. The number of thiophene rings is 1. The Bertz CT molecular complexity index is 1910. The van der Waals surface area contributed by atoms with Crippen LogP contribution in [-0.2, 0) is 26.1 Å². The second kappa shape index (κ2) is 14.2. The summed E-state index contributed by atoms with van der Waals surface area (Å²) >= 11 is 1.28. The van der Waals surface area contributed by atoms with Crippen molar-refractivity contribution in [1.82, 2.24) is 14.7 Å². The maximum Gasteiger partial charge on any atom is 0.425 e. The molecule has 4 rings (SSSR count). The van der Waals surface area contributed by atoms with E-state index in [1.54, 1.807) is 86.6 Å². The zero-order valence-corrected chi connectivity index (χ0v) is 31.8. The number of fused-ring (bicyclic) bond motifs is 1. The quantitative estimate of drug-likeness (QED) is 0.192. The highest BCUT2D eigenvalue weighted by Crippen LogP contribution is 2.42. The Balaban J connectivity index is 1.87. The summed E-state index contributed by atoms with van der Waals surface area (Å²) in [4.78, 5) is 37.1. The summed E-state index contributed by atoms with van der Waals surface area (Å²) in [6.45, 7) is 16.0. The number of nitrogens with one attached hydrogen (secondary N) is 1. The van der Waals surface area contributed by atoms with Gasteiger partial charge in [-0.2, -0.15) is 18.1 Å². The molecule has 0 radical (unpaired) electrons. The van der Waals surface area contributed by atoms with Gasteiger partial charge >= 0.3 is 18.4 Å². The van der Waals surface area contributed by atoms with Gasteiger partial charge in [0, 0.05) is 21.3 Å². The van der Waals surface area contributed by atoms with Crippen molar-refractivity contribution in [1.29, 1.82) is 0 Å². The van der Waals surface area contributed by atoms with Crippen LogP contribution >= 0.6 is 11.3 Å². The molecule has 0 fully saturated rings. The van der Waals surface area contributed by atoms with Crippen molar-refractivity contribution >= 4 is 50.4 Å². The van der Waals surface area contributed by atoms with E-state index in [0.29, 0.717) is 32.7 Å². The molecule has 1 aromatic carbocycles. The number of rotatable bonds is 7. The van der Waals surface area contributed by atoms with Crippen molar-refractivity contribution in [3.8, 4) is 11.3 Å². The predicted octanol–water partition coefficient (Wildman–Crippen LogP) is 8.95. The predicted molar refractivity (Wildman–Crippen MR) is 193 cm³/mol. The molecule has 0 aliphatic rings. The number of anilines is 1. The summed E-state index contributed by atoms with van der Waals surface area (Å²) in [5.41, 5.74) is -4.34. The Hall–Kier alpha value is -3.92. The van der Waals surface area contributed by atoms with E-state index in [2.05, 4.69) is 14.7 Å². The number of aromatic nitrogens is 2. The van der Waals surface area contributed by atoms with Crippen molar-refractivity contribution in [2.24, 2.45) is 0 Å². The summed E-state index contributed by atoms with van der Waals surface area (Å²) in [5, 5.41) is 11.1. The number of imide groups is 1. The smallest absolute Gasteiger partial charge is 0.425 e. The van der Waals surface area contributed by atoms with E-state index in [-0.39, 0.29) is 17.1 Å². The van der Waals surface area contributed by atoms with Crippen molar-refractivity contribution in [2.45, 2.75) is 103 Å². The molecule has 0 bridgehead atoms. The summed E-state index contributed by atoms with van der Waals surface area (Å²) < 4.78 is 68.8. The molecule has 276 valence electrons. The molecule has 1 unspecified atom stereocenters. The normalized spacial score (nSPS) is 15.2. The first-order chi connectivity index (χ1) is 23.3. The minimum atomic E-state index is -4.92. The van der Waals surface area contributed by atoms with Gasteiger partial charge in [-0.1, -0.05) is 24.3 Å². The number of pyridine rings is 2. The molecular formula is C36H43F3N4O6S2. The highest BCUT2D eigenvalue weighted by atomic mass is 32.2.